The number of imidazole rings is 1. The summed E-state index contributed by atoms with van der Waals surface area (Å²) in [5.74, 6) is 1.05. The molecule has 1 aliphatic rings. The van der Waals surface area contributed by atoms with Gasteiger partial charge in [-0.1, -0.05) is 48.5 Å². The first-order chi connectivity index (χ1) is 19.7. The van der Waals surface area contributed by atoms with Crippen LogP contribution in [0, 0.1) is 0 Å². The zero-order chi connectivity index (χ0) is 29.0. The number of hydrogen-bond acceptors (Lipinski definition) is 7. The Kier molecular flexibility index (Phi) is 8.09. The van der Waals surface area contributed by atoms with E-state index in [0.717, 1.165) is 22.0 Å². The van der Waals surface area contributed by atoms with E-state index in [0.29, 0.717) is 36.9 Å². The molecule has 3 heterocycles. The molecule has 0 saturated carbocycles. The summed E-state index contributed by atoms with van der Waals surface area (Å²) in [6.07, 6.45) is 1.27. The molecular weight excluding hydrogens is 522 g/mol. The van der Waals surface area contributed by atoms with Gasteiger partial charge in [-0.05, 0) is 44.9 Å². The van der Waals surface area contributed by atoms with Crippen LogP contribution in [0.25, 0.3) is 22.2 Å². The fourth-order valence-electron chi connectivity index (χ4n) is 4.83. The Morgan fingerprint density at radius 3 is 2.51 bits per heavy atom. The van der Waals surface area contributed by atoms with Crippen LogP contribution in [-0.4, -0.2) is 69.3 Å². The van der Waals surface area contributed by atoms with Gasteiger partial charge >= 0.3 is 12.2 Å². The van der Waals surface area contributed by atoms with Crippen LogP contribution in [-0.2, 0) is 16.1 Å². The molecule has 5 rings (SSSR count). The molecule has 2 aromatic carbocycles. The number of fused-ring (bicyclic) bond motifs is 1. The predicted molar refractivity (Wildman–Crippen MR) is 154 cm³/mol. The number of hydrogen-bond donors (Lipinski definition) is 1. The molecule has 10 heteroatoms. The number of carbonyl (C=O) groups excluding carboxylic acids is 2. The molecule has 0 radical (unpaired) electrons. The molecule has 4 aromatic rings. The van der Waals surface area contributed by atoms with E-state index >= 15 is 0 Å². The van der Waals surface area contributed by atoms with Crippen molar-refractivity contribution in [2.75, 3.05) is 26.7 Å². The third-order valence-electron chi connectivity index (χ3n) is 6.83. The Morgan fingerprint density at radius 2 is 1.76 bits per heavy atom. The molecule has 0 aliphatic carbocycles. The molecule has 1 N–H and O–H groups in total. The summed E-state index contributed by atoms with van der Waals surface area (Å²) in [5.41, 5.74) is 2.55. The summed E-state index contributed by atoms with van der Waals surface area (Å²) in [5, 5.41) is 0.966. The van der Waals surface area contributed by atoms with Crippen LogP contribution in [0.5, 0.6) is 5.88 Å². The number of H-pyrrole nitrogens is 1. The maximum atomic E-state index is 13.4. The predicted octanol–water partition coefficient (Wildman–Crippen LogP) is 5.95. The number of rotatable bonds is 5. The van der Waals surface area contributed by atoms with Gasteiger partial charge in [-0.3, -0.25) is 4.90 Å². The number of pyridine rings is 1. The third-order valence-corrected chi connectivity index (χ3v) is 6.83. The minimum atomic E-state index is -0.625. The molecule has 1 unspecified atom stereocenters. The molecule has 10 nitrogen and oxygen atoms in total. The fraction of sp³-hybridized carbons (Fsp3) is 0.355. The summed E-state index contributed by atoms with van der Waals surface area (Å²) in [4.78, 5) is 42.3. The minimum Gasteiger partial charge on any atom is -0.480 e. The number of para-hydroxylation sites is 1. The molecule has 1 aliphatic heterocycles. The summed E-state index contributed by atoms with van der Waals surface area (Å²) in [7, 11) is 1.58. The van der Waals surface area contributed by atoms with Crippen molar-refractivity contribution < 1.29 is 23.8 Å². The van der Waals surface area contributed by atoms with Gasteiger partial charge in [0.1, 0.15) is 18.0 Å². The first-order valence-electron chi connectivity index (χ1n) is 13.7. The fourth-order valence-corrected chi connectivity index (χ4v) is 4.83. The van der Waals surface area contributed by atoms with Gasteiger partial charge in [-0.15, -0.1) is 0 Å². The number of nitrogens with zero attached hydrogens (tertiary/aromatic N) is 4. The van der Waals surface area contributed by atoms with Crippen LogP contribution in [0.2, 0.25) is 0 Å². The summed E-state index contributed by atoms with van der Waals surface area (Å²) >= 11 is 0. The number of nitrogens with one attached hydrogen (secondary N) is 1. The molecule has 2 aromatic heterocycles. The number of amides is 2. The van der Waals surface area contributed by atoms with E-state index < -0.39 is 23.8 Å². The molecule has 1 saturated heterocycles. The van der Waals surface area contributed by atoms with E-state index in [2.05, 4.69) is 15.0 Å². The average molecular weight is 558 g/mol. The molecule has 2 amide bonds. The smallest absolute Gasteiger partial charge is 0.410 e. The van der Waals surface area contributed by atoms with Crippen LogP contribution in [0.15, 0.2) is 66.9 Å². The van der Waals surface area contributed by atoms with E-state index in [4.69, 9.17) is 14.2 Å². The van der Waals surface area contributed by atoms with Crippen molar-refractivity contribution in [2.45, 2.75) is 45.4 Å². The van der Waals surface area contributed by atoms with E-state index in [-0.39, 0.29) is 13.2 Å². The lowest BCUT2D eigenvalue weighted by atomic mass is 10.1. The zero-order valence-electron chi connectivity index (χ0n) is 23.8. The highest BCUT2D eigenvalue weighted by Gasteiger charge is 2.34. The number of benzene rings is 2. The summed E-state index contributed by atoms with van der Waals surface area (Å²) < 4.78 is 16.9. The summed E-state index contributed by atoms with van der Waals surface area (Å²) in [6.45, 7) is 6.59. The van der Waals surface area contributed by atoms with Crippen LogP contribution >= 0.6 is 0 Å². The first-order valence-corrected chi connectivity index (χ1v) is 13.7. The highest BCUT2D eigenvalue weighted by atomic mass is 16.6. The van der Waals surface area contributed by atoms with Crippen molar-refractivity contribution in [1.82, 2.24) is 24.8 Å². The van der Waals surface area contributed by atoms with Crippen molar-refractivity contribution in [3.63, 3.8) is 0 Å². The molecule has 41 heavy (non-hydrogen) atoms. The largest absolute Gasteiger partial charge is 0.480 e. The SMILES string of the molecule is COc1nc2ccccc2cc1-c1cnc(C2CCN(C(=O)OC(C)(C)C)CCN2C(=O)OCc2ccccc2)[nH]1. The number of aromatic nitrogens is 3. The Morgan fingerprint density at radius 1 is 1.00 bits per heavy atom. The minimum absolute atomic E-state index is 0.141. The van der Waals surface area contributed by atoms with E-state index in [1.54, 1.807) is 23.1 Å². The Bertz CT molecular complexity index is 1510. The van der Waals surface area contributed by atoms with Crippen LogP contribution in [0.4, 0.5) is 9.59 Å². The Balaban J connectivity index is 1.43. The molecule has 1 atom stereocenters. The lowest BCUT2D eigenvalue weighted by Gasteiger charge is -2.27. The van der Waals surface area contributed by atoms with E-state index in [9.17, 15) is 9.59 Å². The number of carbonyl (C=O) groups is 2. The normalized spacial score (nSPS) is 15.9. The van der Waals surface area contributed by atoms with Crippen molar-refractivity contribution in [2.24, 2.45) is 0 Å². The standard InChI is InChI=1S/C31H35N5O5/c1-31(2,3)41-29(37)35-15-14-26(36(17-16-35)30(38)40-20-21-10-6-5-7-11-21)27-32-19-25(33-27)23-18-22-12-8-9-13-24(22)34-28(23)39-4/h5-13,18-19,26H,14-17,20H2,1-4H3,(H,32,33). The second-order valence-corrected chi connectivity index (χ2v) is 10.9. The van der Waals surface area contributed by atoms with Gasteiger partial charge in [-0.2, -0.15) is 0 Å². The highest BCUT2D eigenvalue weighted by molar-refractivity contribution is 5.85. The highest BCUT2D eigenvalue weighted by Crippen LogP contribution is 2.33. The third kappa shape index (κ3) is 6.59. The molecule has 0 bridgehead atoms. The zero-order valence-corrected chi connectivity index (χ0v) is 23.8. The van der Waals surface area contributed by atoms with Crippen LogP contribution in [0.3, 0.4) is 0 Å². The lowest BCUT2D eigenvalue weighted by molar-refractivity contribution is 0.0255. The maximum Gasteiger partial charge on any atom is 0.410 e. The summed E-state index contributed by atoms with van der Waals surface area (Å²) in [6, 6.07) is 18.9. The second-order valence-electron chi connectivity index (χ2n) is 10.9. The number of methoxy groups -OCH3 is 1. The van der Waals surface area contributed by atoms with E-state index in [1.165, 1.54) is 0 Å². The molecule has 214 valence electrons. The van der Waals surface area contributed by atoms with Crippen molar-refractivity contribution in [3.05, 3.63) is 78.2 Å². The van der Waals surface area contributed by atoms with Crippen LogP contribution < -0.4 is 4.74 Å². The quantitative estimate of drug-likeness (QED) is 0.323. The number of ether oxygens (including phenoxy) is 3. The van der Waals surface area contributed by atoms with Gasteiger partial charge in [0.2, 0.25) is 5.88 Å². The molecular formula is C31H35N5O5. The van der Waals surface area contributed by atoms with Crippen molar-refractivity contribution in [3.8, 4) is 17.1 Å². The topological polar surface area (TPSA) is 110 Å². The Hall–Kier alpha value is -4.60. The monoisotopic (exact) mass is 557 g/mol. The maximum absolute atomic E-state index is 13.4. The molecule has 1 fully saturated rings. The van der Waals surface area contributed by atoms with E-state index in [1.807, 2.05) is 81.4 Å². The van der Waals surface area contributed by atoms with Gasteiger partial charge in [0.25, 0.3) is 0 Å². The van der Waals surface area contributed by atoms with Gasteiger partial charge < -0.3 is 24.1 Å². The van der Waals surface area contributed by atoms with Gasteiger partial charge in [0.05, 0.1) is 36.1 Å². The van der Waals surface area contributed by atoms with Crippen molar-refractivity contribution in [1.29, 1.82) is 0 Å². The molecule has 0 spiro atoms. The van der Waals surface area contributed by atoms with Gasteiger partial charge in [0.15, 0.2) is 0 Å². The lowest BCUT2D eigenvalue weighted by Crippen LogP contribution is -2.40. The van der Waals surface area contributed by atoms with Crippen LogP contribution in [0.1, 0.15) is 44.6 Å². The average Bonchev–Trinajstić information content (AvgIpc) is 3.34. The van der Waals surface area contributed by atoms with Gasteiger partial charge in [-0.25, -0.2) is 19.6 Å². The van der Waals surface area contributed by atoms with Gasteiger partial charge in [0, 0.05) is 25.0 Å². The number of aromatic amines is 1. The Labute approximate surface area is 239 Å². The van der Waals surface area contributed by atoms with Crippen molar-refractivity contribution >= 4 is 23.1 Å². The second kappa shape index (κ2) is 11.9. The first kappa shape index (κ1) is 27.9.